The van der Waals surface area contributed by atoms with Crippen molar-refractivity contribution in [3.8, 4) is 6.07 Å². The average Bonchev–Trinajstić information content (AvgIpc) is 2.89. The lowest BCUT2D eigenvalue weighted by molar-refractivity contribution is -0.0588. The molecular formula is C17H21BrN2O. The number of benzene rings is 1. The molecule has 1 saturated heterocycles. The van der Waals surface area contributed by atoms with Crippen molar-refractivity contribution < 1.29 is 4.74 Å². The molecule has 3 rings (SSSR count). The summed E-state index contributed by atoms with van der Waals surface area (Å²) >= 11 is 3.40. The van der Waals surface area contributed by atoms with Crippen LogP contribution in [0.5, 0.6) is 0 Å². The summed E-state index contributed by atoms with van der Waals surface area (Å²) in [6.45, 7) is 0.790. The number of nitrogens with one attached hydrogen (secondary N) is 1. The molecule has 1 N–H and O–H groups in total. The minimum Gasteiger partial charge on any atom is -0.381 e. The molecule has 1 aliphatic carbocycles. The fourth-order valence-electron chi connectivity index (χ4n) is 3.59. The molecule has 1 aromatic rings. The van der Waals surface area contributed by atoms with Crippen LogP contribution in [0.15, 0.2) is 22.7 Å². The number of anilines is 1. The van der Waals surface area contributed by atoms with Crippen molar-refractivity contribution in [1.29, 1.82) is 5.26 Å². The zero-order chi connectivity index (χ0) is 14.7. The summed E-state index contributed by atoms with van der Waals surface area (Å²) in [5, 5.41) is 12.6. The Kier molecular flexibility index (Phi) is 4.51. The largest absolute Gasteiger partial charge is 0.381 e. The molecule has 0 radical (unpaired) electrons. The predicted octanol–water partition coefficient (Wildman–Crippen LogP) is 4.61. The van der Waals surface area contributed by atoms with Gasteiger partial charge in [-0.15, -0.1) is 0 Å². The van der Waals surface area contributed by atoms with E-state index >= 15 is 0 Å². The molecule has 1 aliphatic heterocycles. The molecule has 4 heteroatoms. The fourth-order valence-corrected chi connectivity index (χ4v) is 3.95. The van der Waals surface area contributed by atoms with Gasteiger partial charge in [0.1, 0.15) is 6.07 Å². The van der Waals surface area contributed by atoms with E-state index in [9.17, 15) is 5.26 Å². The van der Waals surface area contributed by atoms with Gasteiger partial charge in [-0.25, -0.2) is 0 Å². The summed E-state index contributed by atoms with van der Waals surface area (Å²) in [5.74, 6) is 0. The van der Waals surface area contributed by atoms with E-state index in [4.69, 9.17) is 4.74 Å². The minimum atomic E-state index is 0.169. The van der Waals surface area contributed by atoms with E-state index in [-0.39, 0.29) is 11.7 Å². The summed E-state index contributed by atoms with van der Waals surface area (Å²) in [5.41, 5.74) is 1.74. The second-order valence-corrected chi connectivity index (χ2v) is 7.12. The lowest BCUT2D eigenvalue weighted by Gasteiger charge is -2.33. The maximum Gasteiger partial charge on any atom is 0.101 e. The maximum atomic E-state index is 9.19. The van der Waals surface area contributed by atoms with Gasteiger partial charge in [-0.2, -0.15) is 5.26 Å². The smallest absolute Gasteiger partial charge is 0.101 e. The van der Waals surface area contributed by atoms with Gasteiger partial charge >= 0.3 is 0 Å². The highest BCUT2D eigenvalue weighted by Gasteiger charge is 2.40. The summed E-state index contributed by atoms with van der Waals surface area (Å²) in [6.07, 6.45) is 9.04. The van der Waals surface area contributed by atoms with Gasteiger partial charge in [-0.3, -0.25) is 0 Å². The Morgan fingerprint density at radius 2 is 2.10 bits per heavy atom. The topological polar surface area (TPSA) is 45.0 Å². The van der Waals surface area contributed by atoms with Gasteiger partial charge in [0, 0.05) is 11.0 Å². The molecule has 3 nitrogen and oxygen atoms in total. The molecule has 112 valence electrons. The molecule has 1 saturated carbocycles. The number of hydrogen-bond acceptors (Lipinski definition) is 3. The van der Waals surface area contributed by atoms with Crippen molar-refractivity contribution in [3.05, 3.63) is 28.2 Å². The van der Waals surface area contributed by atoms with E-state index in [0.29, 0.717) is 5.56 Å². The Morgan fingerprint density at radius 1 is 1.29 bits per heavy atom. The summed E-state index contributed by atoms with van der Waals surface area (Å²) in [4.78, 5) is 0. The van der Waals surface area contributed by atoms with E-state index in [1.807, 2.05) is 18.2 Å². The van der Waals surface area contributed by atoms with Crippen LogP contribution >= 0.6 is 15.9 Å². The van der Waals surface area contributed by atoms with Gasteiger partial charge in [-0.1, -0.05) is 35.2 Å². The molecule has 2 fully saturated rings. The zero-order valence-electron chi connectivity index (χ0n) is 12.2. The van der Waals surface area contributed by atoms with Crippen LogP contribution in [-0.4, -0.2) is 18.2 Å². The van der Waals surface area contributed by atoms with Crippen LogP contribution in [0.2, 0.25) is 0 Å². The van der Waals surface area contributed by atoms with Crippen molar-refractivity contribution in [2.75, 3.05) is 11.9 Å². The molecule has 1 unspecified atom stereocenters. The predicted molar refractivity (Wildman–Crippen MR) is 87.3 cm³/mol. The molecule has 1 aromatic carbocycles. The molecule has 0 aromatic heterocycles. The van der Waals surface area contributed by atoms with Crippen molar-refractivity contribution >= 4 is 21.6 Å². The van der Waals surface area contributed by atoms with E-state index in [2.05, 4.69) is 27.3 Å². The third-order valence-electron chi connectivity index (χ3n) is 4.73. The Bertz CT molecular complexity index is 546. The third kappa shape index (κ3) is 3.41. The number of hydrogen-bond donors (Lipinski definition) is 1. The highest BCUT2D eigenvalue weighted by Crippen LogP contribution is 2.41. The molecule has 0 bridgehead atoms. The number of nitrogens with zero attached hydrogens (tertiary/aromatic N) is 1. The van der Waals surface area contributed by atoms with Crippen LogP contribution in [0.4, 0.5) is 5.69 Å². The van der Waals surface area contributed by atoms with Gasteiger partial charge < -0.3 is 10.1 Å². The molecular weight excluding hydrogens is 328 g/mol. The zero-order valence-corrected chi connectivity index (χ0v) is 13.8. The van der Waals surface area contributed by atoms with Gasteiger partial charge in [0.25, 0.3) is 0 Å². The van der Waals surface area contributed by atoms with Crippen LogP contribution in [-0.2, 0) is 4.74 Å². The first-order chi connectivity index (χ1) is 10.2. The maximum absolute atomic E-state index is 9.19. The summed E-state index contributed by atoms with van der Waals surface area (Å²) < 4.78 is 7.29. The van der Waals surface area contributed by atoms with Crippen molar-refractivity contribution in [3.63, 3.8) is 0 Å². The molecule has 21 heavy (non-hydrogen) atoms. The van der Waals surface area contributed by atoms with E-state index < -0.39 is 0 Å². The number of ether oxygens (including phenoxy) is 1. The second kappa shape index (κ2) is 6.37. The van der Waals surface area contributed by atoms with Crippen LogP contribution in [0.3, 0.4) is 0 Å². The number of rotatable bonds is 3. The highest BCUT2D eigenvalue weighted by atomic mass is 79.9. The summed E-state index contributed by atoms with van der Waals surface area (Å²) in [6, 6.07) is 7.99. The Labute approximate surface area is 134 Å². The SMILES string of the molecule is N#Cc1cc(Br)ccc1NCC1CCC2(CCCCC2)O1. The molecule has 0 amide bonds. The van der Waals surface area contributed by atoms with Gasteiger partial charge in [0.15, 0.2) is 0 Å². The Morgan fingerprint density at radius 3 is 2.86 bits per heavy atom. The highest BCUT2D eigenvalue weighted by molar-refractivity contribution is 9.10. The van der Waals surface area contributed by atoms with Crippen molar-refractivity contribution in [2.24, 2.45) is 0 Å². The van der Waals surface area contributed by atoms with Crippen LogP contribution in [0, 0.1) is 11.3 Å². The van der Waals surface area contributed by atoms with Crippen LogP contribution < -0.4 is 5.32 Å². The Hall–Kier alpha value is -1.05. The normalized spacial score (nSPS) is 23.9. The van der Waals surface area contributed by atoms with E-state index in [1.165, 1.54) is 38.5 Å². The van der Waals surface area contributed by atoms with E-state index in [0.717, 1.165) is 23.1 Å². The van der Waals surface area contributed by atoms with Gasteiger partial charge in [-0.05, 0) is 43.9 Å². The molecule has 1 atom stereocenters. The number of halogens is 1. The molecule has 1 heterocycles. The lowest BCUT2D eigenvalue weighted by atomic mass is 9.83. The fraction of sp³-hybridized carbons (Fsp3) is 0.588. The van der Waals surface area contributed by atoms with Crippen molar-refractivity contribution in [1.82, 2.24) is 0 Å². The molecule has 1 spiro atoms. The van der Waals surface area contributed by atoms with Crippen molar-refractivity contribution in [2.45, 2.75) is 56.7 Å². The average molecular weight is 349 g/mol. The molecule has 2 aliphatic rings. The van der Waals surface area contributed by atoms with Gasteiger partial charge in [0.05, 0.1) is 23.0 Å². The first-order valence-corrected chi connectivity index (χ1v) is 8.61. The quantitative estimate of drug-likeness (QED) is 0.866. The first kappa shape index (κ1) is 14.9. The third-order valence-corrected chi connectivity index (χ3v) is 5.22. The van der Waals surface area contributed by atoms with E-state index in [1.54, 1.807) is 0 Å². The van der Waals surface area contributed by atoms with Crippen LogP contribution in [0.1, 0.15) is 50.5 Å². The Balaban J connectivity index is 1.58. The monoisotopic (exact) mass is 348 g/mol. The lowest BCUT2D eigenvalue weighted by Crippen LogP contribution is -2.33. The minimum absolute atomic E-state index is 0.169. The standard InChI is InChI=1S/C17H21BrN2O/c18-14-4-5-16(13(10-14)11-19)20-12-15-6-9-17(21-15)7-2-1-3-8-17/h4-5,10,15,20H,1-3,6-9,12H2. The van der Waals surface area contributed by atoms with Crippen LogP contribution in [0.25, 0.3) is 0 Å². The number of nitriles is 1. The van der Waals surface area contributed by atoms with Gasteiger partial charge in [0.2, 0.25) is 0 Å². The first-order valence-electron chi connectivity index (χ1n) is 7.82. The summed E-state index contributed by atoms with van der Waals surface area (Å²) in [7, 11) is 0. The second-order valence-electron chi connectivity index (χ2n) is 6.20.